The minimum atomic E-state index is -0.220. The Kier molecular flexibility index (Phi) is 5.98. The molecular formula is C17H21N3O2S. The van der Waals surface area contributed by atoms with Crippen LogP contribution in [0, 0.1) is 5.92 Å². The third-order valence-electron chi connectivity index (χ3n) is 3.23. The van der Waals surface area contributed by atoms with Gasteiger partial charge in [0, 0.05) is 18.2 Å². The van der Waals surface area contributed by atoms with Crippen LogP contribution in [0.3, 0.4) is 0 Å². The number of nitrogens with one attached hydrogen (secondary N) is 1. The van der Waals surface area contributed by atoms with Gasteiger partial charge in [-0.2, -0.15) is 0 Å². The van der Waals surface area contributed by atoms with E-state index in [1.165, 1.54) is 22.4 Å². The topological polar surface area (TPSA) is 64.0 Å². The summed E-state index contributed by atoms with van der Waals surface area (Å²) in [6.07, 6.45) is 1.85. The first-order valence-electron chi connectivity index (χ1n) is 7.49. The van der Waals surface area contributed by atoms with Crippen molar-refractivity contribution in [1.29, 1.82) is 0 Å². The third-order valence-corrected chi connectivity index (χ3v) is 3.91. The highest BCUT2D eigenvalue weighted by Crippen LogP contribution is 2.18. The van der Waals surface area contributed by atoms with Crippen LogP contribution in [0.2, 0.25) is 0 Å². The van der Waals surface area contributed by atoms with Crippen LogP contribution in [0.15, 0.2) is 46.3 Å². The molecule has 1 aromatic carbocycles. The molecule has 0 unspecified atom stereocenters. The van der Waals surface area contributed by atoms with E-state index in [1.807, 2.05) is 50.4 Å². The third kappa shape index (κ3) is 4.69. The summed E-state index contributed by atoms with van der Waals surface area (Å²) in [5.41, 5.74) is 1.29. The summed E-state index contributed by atoms with van der Waals surface area (Å²) in [6, 6.07) is 11.0. The summed E-state index contributed by atoms with van der Waals surface area (Å²) in [6.45, 7) is 4.63. The molecule has 5 nitrogen and oxygen atoms in total. The SMILES string of the molecule is CSc1nc(-c2ccccc2)cc(=O)n1CC(=O)NCC(C)C. The lowest BCUT2D eigenvalue weighted by Gasteiger charge is -2.13. The summed E-state index contributed by atoms with van der Waals surface area (Å²) in [7, 11) is 0. The molecule has 0 spiro atoms. The number of benzene rings is 1. The van der Waals surface area contributed by atoms with E-state index in [-0.39, 0.29) is 18.0 Å². The molecule has 1 heterocycles. The van der Waals surface area contributed by atoms with Crippen LogP contribution in [-0.4, -0.2) is 28.3 Å². The average Bonchev–Trinajstić information content (AvgIpc) is 2.55. The minimum absolute atomic E-state index is 0.0101. The first kappa shape index (κ1) is 17.3. The molecule has 2 aromatic rings. The fourth-order valence-electron chi connectivity index (χ4n) is 2.06. The molecule has 0 radical (unpaired) electrons. The zero-order chi connectivity index (χ0) is 16.8. The van der Waals surface area contributed by atoms with Crippen LogP contribution in [-0.2, 0) is 11.3 Å². The molecule has 23 heavy (non-hydrogen) atoms. The first-order valence-corrected chi connectivity index (χ1v) is 8.71. The molecule has 1 amide bonds. The molecule has 0 aliphatic rings. The van der Waals surface area contributed by atoms with Gasteiger partial charge >= 0.3 is 0 Å². The first-order chi connectivity index (χ1) is 11.0. The number of carbonyl (C=O) groups excluding carboxylic acids is 1. The van der Waals surface area contributed by atoms with Crippen LogP contribution in [0.1, 0.15) is 13.8 Å². The van der Waals surface area contributed by atoms with Crippen molar-refractivity contribution in [3.05, 3.63) is 46.8 Å². The molecule has 0 saturated heterocycles. The minimum Gasteiger partial charge on any atom is -0.354 e. The number of hydrogen-bond donors (Lipinski definition) is 1. The molecule has 0 saturated carbocycles. The predicted octanol–water partition coefficient (Wildman–Crippen LogP) is 2.40. The molecule has 0 aliphatic carbocycles. The van der Waals surface area contributed by atoms with E-state index >= 15 is 0 Å². The van der Waals surface area contributed by atoms with Gasteiger partial charge < -0.3 is 5.32 Å². The fourth-order valence-corrected chi connectivity index (χ4v) is 2.63. The summed E-state index contributed by atoms with van der Waals surface area (Å²) in [5, 5.41) is 3.36. The van der Waals surface area contributed by atoms with E-state index in [4.69, 9.17) is 0 Å². The van der Waals surface area contributed by atoms with Crippen molar-refractivity contribution in [2.24, 2.45) is 5.92 Å². The van der Waals surface area contributed by atoms with Crippen molar-refractivity contribution in [3.63, 3.8) is 0 Å². The summed E-state index contributed by atoms with van der Waals surface area (Å²) in [4.78, 5) is 28.9. The second-order valence-electron chi connectivity index (χ2n) is 5.62. The fraction of sp³-hybridized carbons (Fsp3) is 0.353. The second kappa shape index (κ2) is 7.97. The van der Waals surface area contributed by atoms with Crippen molar-refractivity contribution in [2.45, 2.75) is 25.5 Å². The Bertz CT molecular complexity index is 726. The number of thioether (sulfide) groups is 1. The molecule has 0 bridgehead atoms. The lowest BCUT2D eigenvalue weighted by atomic mass is 10.1. The Balaban J connectivity index is 2.28. The Hall–Kier alpha value is -2.08. The normalized spacial score (nSPS) is 10.8. The standard InChI is InChI=1S/C17H21N3O2S/c1-12(2)10-18-15(21)11-20-16(22)9-14(19-17(20)23-3)13-7-5-4-6-8-13/h4-9,12H,10-11H2,1-3H3,(H,18,21). The number of hydrogen-bond acceptors (Lipinski definition) is 4. The molecule has 122 valence electrons. The maximum atomic E-state index is 12.4. The quantitative estimate of drug-likeness (QED) is 0.652. The molecular weight excluding hydrogens is 310 g/mol. The smallest absolute Gasteiger partial charge is 0.255 e. The van der Waals surface area contributed by atoms with Crippen molar-refractivity contribution in [1.82, 2.24) is 14.9 Å². The van der Waals surface area contributed by atoms with Crippen LogP contribution in [0.5, 0.6) is 0 Å². The zero-order valence-corrected chi connectivity index (χ0v) is 14.4. The lowest BCUT2D eigenvalue weighted by Crippen LogP contribution is -2.35. The molecule has 0 atom stereocenters. The predicted molar refractivity (Wildman–Crippen MR) is 93.6 cm³/mol. The highest BCUT2D eigenvalue weighted by molar-refractivity contribution is 7.98. The molecule has 1 N–H and O–H groups in total. The maximum Gasteiger partial charge on any atom is 0.255 e. The summed E-state index contributed by atoms with van der Waals surface area (Å²) >= 11 is 1.36. The van der Waals surface area contributed by atoms with E-state index < -0.39 is 0 Å². The number of aromatic nitrogens is 2. The van der Waals surface area contributed by atoms with Gasteiger partial charge in [-0.25, -0.2) is 4.98 Å². The van der Waals surface area contributed by atoms with Gasteiger partial charge in [0.15, 0.2) is 5.16 Å². The van der Waals surface area contributed by atoms with E-state index in [0.717, 1.165) is 5.56 Å². The number of carbonyl (C=O) groups is 1. The second-order valence-corrected chi connectivity index (χ2v) is 6.39. The summed E-state index contributed by atoms with van der Waals surface area (Å²) in [5.74, 6) is 0.194. The summed E-state index contributed by atoms with van der Waals surface area (Å²) < 4.78 is 1.41. The van der Waals surface area contributed by atoms with Gasteiger partial charge in [-0.05, 0) is 12.2 Å². The Labute approximate surface area is 140 Å². The van der Waals surface area contributed by atoms with Crippen molar-refractivity contribution >= 4 is 17.7 Å². The number of amides is 1. The highest BCUT2D eigenvalue weighted by Gasteiger charge is 2.12. The van der Waals surface area contributed by atoms with Gasteiger partial charge in [-0.15, -0.1) is 0 Å². The van der Waals surface area contributed by atoms with Gasteiger partial charge in [0.25, 0.3) is 5.56 Å². The maximum absolute atomic E-state index is 12.4. The lowest BCUT2D eigenvalue weighted by molar-refractivity contribution is -0.122. The molecule has 0 fully saturated rings. The van der Waals surface area contributed by atoms with E-state index in [2.05, 4.69) is 10.3 Å². The van der Waals surface area contributed by atoms with Crippen molar-refractivity contribution < 1.29 is 4.79 Å². The highest BCUT2D eigenvalue weighted by atomic mass is 32.2. The van der Waals surface area contributed by atoms with Gasteiger partial charge in [0.1, 0.15) is 6.54 Å². The molecule has 2 rings (SSSR count). The van der Waals surface area contributed by atoms with Gasteiger partial charge in [-0.1, -0.05) is 55.9 Å². The van der Waals surface area contributed by atoms with Gasteiger partial charge in [-0.3, -0.25) is 14.2 Å². The van der Waals surface area contributed by atoms with E-state index in [9.17, 15) is 9.59 Å². The Morgan fingerprint density at radius 3 is 2.61 bits per heavy atom. The van der Waals surface area contributed by atoms with Crippen LogP contribution in [0.4, 0.5) is 0 Å². The van der Waals surface area contributed by atoms with E-state index in [0.29, 0.717) is 23.3 Å². The zero-order valence-electron chi connectivity index (χ0n) is 13.6. The molecule has 1 aromatic heterocycles. The monoisotopic (exact) mass is 331 g/mol. The largest absolute Gasteiger partial charge is 0.354 e. The van der Waals surface area contributed by atoms with Crippen LogP contribution < -0.4 is 10.9 Å². The number of nitrogens with zero attached hydrogens (tertiary/aromatic N) is 2. The Morgan fingerprint density at radius 1 is 1.30 bits per heavy atom. The van der Waals surface area contributed by atoms with Crippen LogP contribution >= 0.6 is 11.8 Å². The van der Waals surface area contributed by atoms with Crippen LogP contribution in [0.25, 0.3) is 11.3 Å². The van der Waals surface area contributed by atoms with Gasteiger partial charge in [0.2, 0.25) is 5.91 Å². The average molecular weight is 331 g/mol. The molecule has 6 heteroatoms. The Morgan fingerprint density at radius 2 is 2.00 bits per heavy atom. The van der Waals surface area contributed by atoms with Crippen molar-refractivity contribution in [2.75, 3.05) is 12.8 Å². The van der Waals surface area contributed by atoms with E-state index in [1.54, 1.807) is 0 Å². The van der Waals surface area contributed by atoms with Crippen molar-refractivity contribution in [3.8, 4) is 11.3 Å². The number of rotatable bonds is 6. The molecule has 0 aliphatic heterocycles. The van der Waals surface area contributed by atoms with Gasteiger partial charge in [0.05, 0.1) is 5.69 Å².